The maximum Gasteiger partial charge on any atom is 0.195 e. The summed E-state index contributed by atoms with van der Waals surface area (Å²) in [5.41, 5.74) is 1.84. The van der Waals surface area contributed by atoms with Crippen molar-refractivity contribution in [3.63, 3.8) is 0 Å². The molecule has 144 valence electrons. The number of benzene rings is 2. The van der Waals surface area contributed by atoms with E-state index in [4.69, 9.17) is 18.9 Å². The Hall–Kier alpha value is -3.09. The van der Waals surface area contributed by atoms with Gasteiger partial charge in [-0.25, -0.2) is 0 Å². The van der Waals surface area contributed by atoms with Gasteiger partial charge in [0.05, 0.1) is 27.4 Å². The molecule has 0 amide bonds. The number of hydrogen-bond donors (Lipinski definition) is 2. The lowest BCUT2D eigenvalue weighted by Gasteiger charge is -2.16. The zero-order valence-corrected chi connectivity index (χ0v) is 15.9. The summed E-state index contributed by atoms with van der Waals surface area (Å²) in [5, 5.41) is 6.55. The third-order valence-corrected chi connectivity index (χ3v) is 4.16. The van der Waals surface area contributed by atoms with Gasteiger partial charge in [0.15, 0.2) is 29.0 Å². The molecular formula is C20H25N3O4. The van der Waals surface area contributed by atoms with E-state index in [1.54, 1.807) is 21.3 Å². The van der Waals surface area contributed by atoms with E-state index in [0.717, 1.165) is 29.2 Å². The molecular weight excluding hydrogens is 346 g/mol. The van der Waals surface area contributed by atoms with Crippen LogP contribution in [0.15, 0.2) is 41.4 Å². The Balaban J connectivity index is 1.68. The highest BCUT2D eigenvalue weighted by Gasteiger charge is 2.12. The number of methoxy groups -OCH3 is 2. The number of anilines is 1. The summed E-state index contributed by atoms with van der Waals surface area (Å²) in [4.78, 5) is 4.28. The second kappa shape index (κ2) is 9.02. The Morgan fingerprint density at radius 1 is 1.07 bits per heavy atom. The number of aliphatic imine (C=N–C) groups is 1. The van der Waals surface area contributed by atoms with Crippen molar-refractivity contribution in [2.45, 2.75) is 13.0 Å². The molecule has 0 unspecified atom stereocenters. The molecule has 1 heterocycles. The molecule has 0 atom stereocenters. The minimum atomic E-state index is 0.532. The average molecular weight is 371 g/mol. The van der Waals surface area contributed by atoms with Crippen LogP contribution in [0.25, 0.3) is 0 Å². The molecule has 2 aromatic rings. The van der Waals surface area contributed by atoms with Crippen LogP contribution in [0.5, 0.6) is 23.0 Å². The third kappa shape index (κ3) is 4.55. The van der Waals surface area contributed by atoms with E-state index in [2.05, 4.69) is 15.6 Å². The lowest BCUT2D eigenvalue weighted by molar-refractivity contribution is 0.297. The SMILES string of the molecule is CN=C(NCc1cccc(OC)c1OC)Nc1ccc2c(c1)OCCCO2. The Morgan fingerprint density at radius 3 is 2.63 bits per heavy atom. The summed E-state index contributed by atoms with van der Waals surface area (Å²) in [5.74, 6) is 3.54. The van der Waals surface area contributed by atoms with E-state index in [1.807, 2.05) is 36.4 Å². The number of para-hydroxylation sites is 1. The molecule has 0 saturated heterocycles. The van der Waals surface area contributed by atoms with Gasteiger partial charge < -0.3 is 29.6 Å². The largest absolute Gasteiger partial charge is 0.493 e. The summed E-state index contributed by atoms with van der Waals surface area (Å²) < 4.78 is 22.2. The van der Waals surface area contributed by atoms with Crippen LogP contribution in [0.4, 0.5) is 5.69 Å². The molecule has 2 N–H and O–H groups in total. The zero-order valence-electron chi connectivity index (χ0n) is 15.9. The first kappa shape index (κ1) is 18.7. The van der Waals surface area contributed by atoms with Crippen molar-refractivity contribution in [3.8, 4) is 23.0 Å². The topological polar surface area (TPSA) is 73.3 Å². The third-order valence-electron chi connectivity index (χ3n) is 4.16. The van der Waals surface area contributed by atoms with Gasteiger partial charge in [-0.15, -0.1) is 0 Å². The van der Waals surface area contributed by atoms with Gasteiger partial charge in [-0.2, -0.15) is 0 Å². The Morgan fingerprint density at radius 2 is 1.89 bits per heavy atom. The van der Waals surface area contributed by atoms with Gasteiger partial charge in [0, 0.05) is 37.3 Å². The number of nitrogens with zero attached hydrogens (tertiary/aromatic N) is 1. The van der Waals surface area contributed by atoms with Crippen LogP contribution in [-0.4, -0.2) is 40.4 Å². The van der Waals surface area contributed by atoms with Crippen LogP contribution in [0.2, 0.25) is 0 Å². The maximum atomic E-state index is 5.73. The molecule has 27 heavy (non-hydrogen) atoms. The summed E-state index contributed by atoms with van der Waals surface area (Å²) in [6.07, 6.45) is 0.878. The van der Waals surface area contributed by atoms with Crippen LogP contribution in [-0.2, 0) is 6.54 Å². The molecule has 3 rings (SSSR count). The van der Waals surface area contributed by atoms with Crippen LogP contribution in [0.3, 0.4) is 0 Å². The van der Waals surface area contributed by atoms with E-state index >= 15 is 0 Å². The van der Waals surface area contributed by atoms with Gasteiger partial charge in [-0.05, 0) is 18.2 Å². The number of fused-ring (bicyclic) bond motifs is 1. The fourth-order valence-electron chi connectivity index (χ4n) is 2.83. The fourth-order valence-corrected chi connectivity index (χ4v) is 2.83. The van der Waals surface area contributed by atoms with Crippen molar-refractivity contribution in [2.24, 2.45) is 4.99 Å². The van der Waals surface area contributed by atoms with Gasteiger partial charge in [0.2, 0.25) is 0 Å². The van der Waals surface area contributed by atoms with E-state index in [-0.39, 0.29) is 0 Å². The molecule has 7 heteroatoms. The van der Waals surface area contributed by atoms with Crippen molar-refractivity contribution < 1.29 is 18.9 Å². The smallest absolute Gasteiger partial charge is 0.195 e. The lowest BCUT2D eigenvalue weighted by Crippen LogP contribution is -2.30. The number of ether oxygens (including phenoxy) is 4. The average Bonchev–Trinajstić information content (AvgIpc) is 2.95. The molecule has 1 aliphatic rings. The highest BCUT2D eigenvalue weighted by atomic mass is 16.5. The van der Waals surface area contributed by atoms with Crippen molar-refractivity contribution in [1.29, 1.82) is 0 Å². The molecule has 0 spiro atoms. The number of hydrogen-bond acceptors (Lipinski definition) is 5. The van der Waals surface area contributed by atoms with Crippen LogP contribution < -0.4 is 29.6 Å². The molecule has 0 radical (unpaired) electrons. The van der Waals surface area contributed by atoms with Gasteiger partial charge in [0.1, 0.15) is 0 Å². The van der Waals surface area contributed by atoms with Gasteiger partial charge in [-0.1, -0.05) is 12.1 Å². The molecule has 0 aliphatic carbocycles. The zero-order chi connectivity index (χ0) is 19.1. The van der Waals surface area contributed by atoms with Gasteiger partial charge in [0.25, 0.3) is 0 Å². The van der Waals surface area contributed by atoms with Crippen LogP contribution in [0.1, 0.15) is 12.0 Å². The van der Waals surface area contributed by atoms with E-state index < -0.39 is 0 Å². The summed E-state index contributed by atoms with van der Waals surface area (Å²) >= 11 is 0. The monoisotopic (exact) mass is 371 g/mol. The van der Waals surface area contributed by atoms with E-state index in [0.29, 0.717) is 37.2 Å². The first-order valence-corrected chi connectivity index (χ1v) is 8.82. The minimum Gasteiger partial charge on any atom is -0.493 e. The predicted molar refractivity (Wildman–Crippen MR) is 105 cm³/mol. The van der Waals surface area contributed by atoms with E-state index in [1.165, 1.54) is 0 Å². The number of nitrogens with one attached hydrogen (secondary N) is 2. The predicted octanol–water partition coefficient (Wildman–Crippen LogP) is 3.05. The van der Waals surface area contributed by atoms with Crippen molar-refractivity contribution in [2.75, 3.05) is 39.8 Å². The normalized spacial score (nSPS) is 13.5. The van der Waals surface area contributed by atoms with Crippen LogP contribution >= 0.6 is 0 Å². The first-order valence-electron chi connectivity index (χ1n) is 8.82. The van der Waals surface area contributed by atoms with Gasteiger partial charge in [-0.3, -0.25) is 4.99 Å². The molecule has 7 nitrogen and oxygen atoms in total. The highest BCUT2D eigenvalue weighted by molar-refractivity contribution is 5.93. The maximum absolute atomic E-state index is 5.73. The number of guanidine groups is 1. The quantitative estimate of drug-likeness (QED) is 0.622. The van der Waals surface area contributed by atoms with E-state index in [9.17, 15) is 0 Å². The molecule has 0 aromatic heterocycles. The van der Waals surface area contributed by atoms with Crippen molar-refractivity contribution in [1.82, 2.24) is 5.32 Å². The Kier molecular flexibility index (Phi) is 6.25. The molecule has 0 saturated carbocycles. The standard InChI is InChI=1S/C20H25N3O4/c1-21-20(22-13-14-6-4-7-17(24-2)19(14)25-3)23-15-8-9-16-18(12-15)27-11-5-10-26-16/h4,6-9,12H,5,10-11,13H2,1-3H3,(H2,21,22,23). The second-order valence-electron chi connectivity index (χ2n) is 5.92. The molecule has 0 bridgehead atoms. The lowest BCUT2D eigenvalue weighted by atomic mass is 10.2. The fraction of sp³-hybridized carbons (Fsp3) is 0.350. The second-order valence-corrected chi connectivity index (χ2v) is 5.92. The molecule has 1 aliphatic heterocycles. The summed E-state index contributed by atoms with van der Waals surface area (Å²) in [7, 11) is 4.98. The summed E-state index contributed by atoms with van der Waals surface area (Å²) in [6.45, 7) is 1.86. The first-order chi connectivity index (χ1) is 13.2. The van der Waals surface area contributed by atoms with Crippen molar-refractivity contribution in [3.05, 3.63) is 42.0 Å². The molecule has 2 aromatic carbocycles. The number of rotatable bonds is 5. The highest BCUT2D eigenvalue weighted by Crippen LogP contribution is 2.32. The Labute approximate surface area is 159 Å². The Bertz CT molecular complexity index is 808. The van der Waals surface area contributed by atoms with Crippen molar-refractivity contribution >= 4 is 11.6 Å². The minimum absolute atomic E-state index is 0.532. The van der Waals surface area contributed by atoms with Gasteiger partial charge >= 0.3 is 0 Å². The van der Waals surface area contributed by atoms with Crippen LogP contribution in [0, 0.1) is 0 Å². The molecule has 0 fully saturated rings. The summed E-state index contributed by atoms with van der Waals surface area (Å²) in [6, 6.07) is 11.5.